The molecule has 2 atom stereocenters. The lowest BCUT2D eigenvalue weighted by molar-refractivity contribution is -0.143. The van der Waals surface area contributed by atoms with Gasteiger partial charge >= 0.3 is 5.97 Å². The van der Waals surface area contributed by atoms with Gasteiger partial charge < -0.3 is 20.3 Å². The molecule has 2 unspecified atom stereocenters. The SMILES string of the molecule is CCCCC/C=C\C/C=C\CCCCCCCC(=O)OCCCCCCCCCCCCCCCCCCCCCCCCCCCCCCCCCCCCCC(=O)NC(CO)C(O)/C=C/CCCCCCCCCCCCCC. The molecule has 6 nitrogen and oxygen atoms in total. The van der Waals surface area contributed by atoms with Gasteiger partial charge in [-0.2, -0.15) is 0 Å². The largest absolute Gasteiger partial charge is 0.466 e. The minimum absolute atomic E-state index is 0.00863. The number of esters is 1. The highest BCUT2D eigenvalue weighted by Gasteiger charge is 2.18. The van der Waals surface area contributed by atoms with E-state index in [1.807, 2.05) is 6.08 Å². The summed E-state index contributed by atoms with van der Waals surface area (Å²) in [7, 11) is 0. The van der Waals surface area contributed by atoms with Crippen LogP contribution in [0, 0.1) is 0 Å². The highest BCUT2D eigenvalue weighted by atomic mass is 16.5. The van der Waals surface area contributed by atoms with Gasteiger partial charge in [0, 0.05) is 12.8 Å². The Bertz CT molecular complexity index is 1310. The standard InChI is InChI=1S/C75H143NO5/c1-3-5-7-9-11-13-15-17-40-45-49-53-57-61-65-69-75(80)81-70-66-62-58-54-50-46-42-39-37-35-33-31-29-27-25-23-21-19-20-22-24-26-28-30-32-34-36-38-41-44-48-52-56-60-64-68-74(79)76-72(71-77)73(78)67-63-59-55-51-47-43-18-16-14-12-10-8-6-4-2/h11,13,17,40,63,67,72-73,77-78H,3-10,12,14-16,18-39,41-62,64-66,68-71H2,1-2H3,(H,76,79)/b13-11-,40-17-,67-63+. The van der Waals surface area contributed by atoms with Gasteiger partial charge in [-0.25, -0.2) is 0 Å². The van der Waals surface area contributed by atoms with Crippen molar-refractivity contribution in [3.05, 3.63) is 36.5 Å². The van der Waals surface area contributed by atoms with Crippen LogP contribution in [0.2, 0.25) is 0 Å². The van der Waals surface area contributed by atoms with Gasteiger partial charge in [0.25, 0.3) is 0 Å². The van der Waals surface area contributed by atoms with Crippen molar-refractivity contribution in [2.45, 2.75) is 418 Å². The quantitative estimate of drug-likeness (QED) is 0.0320. The van der Waals surface area contributed by atoms with E-state index in [4.69, 9.17) is 4.74 Å². The van der Waals surface area contributed by atoms with Crippen molar-refractivity contribution in [2.75, 3.05) is 13.2 Å². The van der Waals surface area contributed by atoms with Crippen molar-refractivity contribution in [2.24, 2.45) is 0 Å². The van der Waals surface area contributed by atoms with Gasteiger partial charge in [0.05, 0.1) is 25.4 Å². The summed E-state index contributed by atoms with van der Waals surface area (Å²) in [6.07, 6.45) is 91.1. The van der Waals surface area contributed by atoms with E-state index in [0.717, 1.165) is 51.4 Å². The summed E-state index contributed by atoms with van der Waals surface area (Å²) in [6, 6.07) is -0.623. The Kier molecular flexibility index (Phi) is 68.9. The molecule has 0 aromatic rings. The van der Waals surface area contributed by atoms with E-state index in [1.54, 1.807) is 6.08 Å². The van der Waals surface area contributed by atoms with Crippen molar-refractivity contribution in [3.63, 3.8) is 0 Å². The van der Waals surface area contributed by atoms with Crippen molar-refractivity contribution >= 4 is 11.9 Å². The molecular weight excluding hydrogens is 995 g/mol. The number of carbonyl (C=O) groups excluding carboxylic acids is 2. The highest BCUT2D eigenvalue weighted by molar-refractivity contribution is 5.76. The predicted molar refractivity (Wildman–Crippen MR) is 356 cm³/mol. The Labute approximate surface area is 506 Å². The van der Waals surface area contributed by atoms with Crippen molar-refractivity contribution in [1.29, 1.82) is 0 Å². The van der Waals surface area contributed by atoms with Crippen LogP contribution in [0.3, 0.4) is 0 Å². The van der Waals surface area contributed by atoms with E-state index in [-0.39, 0.29) is 18.5 Å². The number of unbranched alkanes of at least 4 members (excludes halogenated alkanes) is 54. The van der Waals surface area contributed by atoms with E-state index in [9.17, 15) is 19.8 Å². The number of amides is 1. The first-order chi connectivity index (χ1) is 40.0. The van der Waals surface area contributed by atoms with E-state index >= 15 is 0 Å². The number of hydrogen-bond donors (Lipinski definition) is 3. The van der Waals surface area contributed by atoms with E-state index in [0.29, 0.717) is 19.4 Å². The summed E-state index contributed by atoms with van der Waals surface area (Å²) in [5.41, 5.74) is 0. The van der Waals surface area contributed by atoms with E-state index < -0.39 is 12.1 Å². The molecule has 0 aliphatic carbocycles. The molecule has 0 saturated heterocycles. The fourth-order valence-corrected chi connectivity index (χ4v) is 11.6. The van der Waals surface area contributed by atoms with Gasteiger partial charge in [-0.3, -0.25) is 9.59 Å². The molecule has 0 aliphatic rings. The first kappa shape index (κ1) is 79.1. The third-order valence-electron chi connectivity index (χ3n) is 17.2. The van der Waals surface area contributed by atoms with Crippen molar-refractivity contribution in [1.82, 2.24) is 5.32 Å². The minimum Gasteiger partial charge on any atom is -0.466 e. The van der Waals surface area contributed by atoms with Crippen LogP contribution in [0.15, 0.2) is 36.5 Å². The van der Waals surface area contributed by atoms with Crippen LogP contribution in [-0.2, 0) is 14.3 Å². The third kappa shape index (κ3) is 67.1. The van der Waals surface area contributed by atoms with Crippen LogP contribution in [0.4, 0.5) is 0 Å². The molecule has 0 bridgehead atoms. The summed E-state index contributed by atoms with van der Waals surface area (Å²) in [6.45, 7) is 4.90. The fraction of sp³-hybridized carbons (Fsp3) is 0.893. The summed E-state index contributed by atoms with van der Waals surface area (Å²) < 4.78 is 5.49. The molecule has 0 saturated carbocycles. The van der Waals surface area contributed by atoms with Crippen LogP contribution < -0.4 is 5.32 Å². The molecule has 0 aromatic carbocycles. The zero-order valence-electron chi connectivity index (χ0n) is 54.8. The molecule has 0 aromatic heterocycles. The number of aliphatic hydroxyl groups excluding tert-OH is 2. The molecule has 6 heteroatoms. The lowest BCUT2D eigenvalue weighted by atomic mass is 10.0. The lowest BCUT2D eigenvalue weighted by Gasteiger charge is -2.20. The Morgan fingerprint density at radius 2 is 0.617 bits per heavy atom. The molecule has 478 valence electrons. The molecule has 81 heavy (non-hydrogen) atoms. The van der Waals surface area contributed by atoms with Crippen molar-refractivity contribution < 1.29 is 24.5 Å². The monoisotopic (exact) mass is 1140 g/mol. The zero-order chi connectivity index (χ0) is 58.5. The Hall–Kier alpha value is -1.92. The predicted octanol–water partition coefficient (Wildman–Crippen LogP) is 23.9. The van der Waals surface area contributed by atoms with Gasteiger partial charge in [-0.05, 0) is 64.2 Å². The topological polar surface area (TPSA) is 95.9 Å². The molecule has 1 amide bonds. The molecule has 0 fully saturated rings. The number of carbonyl (C=O) groups is 2. The molecule has 0 aliphatic heterocycles. The van der Waals surface area contributed by atoms with Crippen LogP contribution in [0.1, 0.15) is 406 Å². The molecule has 0 rings (SSSR count). The van der Waals surface area contributed by atoms with Gasteiger partial charge in [-0.1, -0.05) is 365 Å². The summed E-state index contributed by atoms with van der Waals surface area (Å²) >= 11 is 0. The number of allylic oxidation sites excluding steroid dienone is 5. The summed E-state index contributed by atoms with van der Waals surface area (Å²) in [5, 5.41) is 23.2. The maximum absolute atomic E-state index is 12.5. The average molecular weight is 1140 g/mol. The van der Waals surface area contributed by atoms with Crippen LogP contribution >= 0.6 is 0 Å². The van der Waals surface area contributed by atoms with Gasteiger partial charge in [-0.15, -0.1) is 0 Å². The molecule has 0 heterocycles. The van der Waals surface area contributed by atoms with Gasteiger partial charge in [0.2, 0.25) is 5.91 Å². The second-order valence-electron chi connectivity index (χ2n) is 25.3. The highest BCUT2D eigenvalue weighted by Crippen LogP contribution is 2.19. The Balaban J connectivity index is 3.31. The fourth-order valence-electron chi connectivity index (χ4n) is 11.6. The van der Waals surface area contributed by atoms with Gasteiger partial charge in [0.1, 0.15) is 0 Å². The summed E-state index contributed by atoms with van der Waals surface area (Å²) in [5.74, 6) is -0.0521. The number of rotatable bonds is 69. The number of nitrogens with one attached hydrogen (secondary N) is 1. The smallest absolute Gasteiger partial charge is 0.305 e. The second kappa shape index (κ2) is 70.6. The van der Waals surface area contributed by atoms with E-state index in [2.05, 4.69) is 43.5 Å². The molecule has 0 spiro atoms. The molecule has 3 N–H and O–H groups in total. The second-order valence-corrected chi connectivity index (χ2v) is 25.3. The van der Waals surface area contributed by atoms with Crippen LogP contribution in [0.5, 0.6) is 0 Å². The Morgan fingerprint density at radius 1 is 0.346 bits per heavy atom. The van der Waals surface area contributed by atoms with Crippen LogP contribution in [0.25, 0.3) is 0 Å². The Morgan fingerprint density at radius 3 is 0.963 bits per heavy atom. The number of hydrogen-bond acceptors (Lipinski definition) is 5. The maximum Gasteiger partial charge on any atom is 0.305 e. The molecule has 0 radical (unpaired) electrons. The zero-order valence-corrected chi connectivity index (χ0v) is 54.8. The maximum atomic E-state index is 12.5. The number of ether oxygens (including phenoxy) is 1. The normalized spacial score (nSPS) is 12.7. The third-order valence-corrected chi connectivity index (χ3v) is 17.2. The first-order valence-electron chi connectivity index (χ1n) is 36.8. The van der Waals surface area contributed by atoms with E-state index in [1.165, 1.54) is 327 Å². The van der Waals surface area contributed by atoms with Crippen molar-refractivity contribution in [3.8, 4) is 0 Å². The molecular formula is C75H143NO5. The summed E-state index contributed by atoms with van der Waals surface area (Å²) in [4.78, 5) is 24.6. The first-order valence-corrected chi connectivity index (χ1v) is 36.8. The minimum atomic E-state index is -0.840. The average Bonchev–Trinajstić information content (AvgIpc) is 3.47. The van der Waals surface area contributed by atoms with Crippen LogP contribution in [-0.4, -0.2) is 47.4 Å². The van der Waals surface area contributed by atoms with Gasteiger partial charge in [0.15, 0.2) is 0 Å². The lowest BCUT2D eigenvalue weighted by Crippen LogP contribution is -2.45. The number of aliphatic hydroxyl groups is 2.